The molecule has 2 aliphatic rings. The zero-order valence-corrected chi connectivity index (χ0v) is 15.8. The second kappa shape index (κ2) is 8.52. The van der Waals surface area contributed by atoms with Gasteiger partial charge in [0.15, 0.2) is 0 Å². The molecule has 1 atom stereocenters. The van der Waals surface area contributed by atoms with Crippen molar-refractivity contribution >= 4 is 12.0 Å². The number of carbonyl (C=O) groups excluding carboxylic acids is 2. The van der Waals surface area contributed by atoms with Crippen LogP contribution >= 0.6 is 0 Å². The van der Waals surface area contributed by atoms with E-state index in [0.29, 0.717) is 42.4 Å². The summed E-state index contributed by atoms with van der Waals surface area (Å²) < 4.78 is 19.3. The summed E-state index contributed by atoms with van der Waals surface area (Å²) in [5.41, 5.74) is 1.61. The Morgan fingerprint density at radius 3 is 2.63 bits per heavy atom. The monoisotopic (exact) mass is 375 g/mol. The lowest BCUT2D eigenvalue weighted by Crippen LogP contribution is -2.52. The summed E-state index contributed by atoms with van der Waals surface area (Å²) >= 11 is 0. The standard InChI is InChI=1S/C20H26FN3O3/c1-3-16-18(19(25)27-4-2)17(23-20(26)22-16)12-24(14-9-10-14)11-13-7-5-6-8-15(13)21/h5-8,14,16H,3-4,9-12H2,1-2H3,(H2,22,23,26)/t16-/m0/s1. The number of benzene rings is 1. The van der Waals surface area contributed by atoms with Gasteiger partial charge in [0.25, 0.3) is 0 Å². The van der Waals surface area contributed by atoms with Gasteiger partial charge in [-0.2, -0.15) is 0 Å². The number of nitrogens with zero attached hydrogens (tertiary/aromatic N) is 1. The molecule has 0 bridgehead atoms. The van der Waals surface area contributed by atoms with Gasteiger partial charge in [0.2, 0.25) is 0 Å². The molecule has 0 radical (unpaired) electrons. The number of nitrogens with one attached hydrogen (secondary N) is 2. The number of carbonyl (C=O) groups is 2. The van der Waals surface area contributed by atoms with E-state index in [9.17, 15) is 14.0 Å². The van der Waals surface area contributed by atoms with E-state index in [1.165, 1.54) is 6.07 Å². The predicted molar refractivity (Wildman–Crippen MR) is 99.2 cm³/mol. The summed E-state index contributed by atoms with van der Waals surface area (Å²) in [6, 6.07) is 6.30. The third-order valence-electron chi connectivity index (χ3n) is 4.90. The minimum Gasteiger partial charge on any atom is -0.463 e. The third kappa shape index (κ3) is 4.66. The Labute approximate surface area is 158 Å². The van der Waals surface area contributed by atoms with Crippen molar-refractivity contribution in [1.29, 1.82) is 0 Å². The molecule has 3 rings (SSSR count). The van der Waals surface area contributed by atoms with Crippen LogP contribution in [0.4, 0.5) is 9.18 Å². The Bertz CT molecular complexity index is 746. The summed E-state index contributed by atoms with van der Waals surface area (Å²) in [5, 5.41) is 5.55. The van der Waals surface area contributed by atoms with Gasteiger partial charge >= 0.3 is 12.0 Å². The summed E-state index contributed by atoms with van der Waals surface area (Å²) in [5.74, 6) is -0.669. The SMILES string of the molecule is CCOC(=O)C1=C(CN(Cc2ccccc2F)C2CC2)NC(=O)N[C@H]1CC. The number of esters is 1. The molecule has 1 aliphatic heterocycles. The first-order valence-corrected chi connectivity index (χ1v) is 9.48. The molecule has 1 fully saturated rings. The maximum atomic E-state index is 14.1. The molecule has 1 aromatic rings. The van der Waals surface area contributed by atoms with E-state index in [1.807, 2.05) is 13.0 Å². The van der Waals surface area contributed by atoms with E-state index >= 15 is 0 Å². The van der Waals surface area contributed by atoms with Gasteiger partial charge < -0.3 is 15.4 Å². The Morgan fingerprint density at radius 2 is 2.00 bits per heavy atom. The van der Waals surface area contributed by atoms with Gasteiger partial charge in [0, 0.05) is 30.4 Å². The average molecular weight is 375 g/mol. The first kappa shape index (κ1) is 19.4. The fourth-order valence-corrected chi connectivity index (χ4v) is 3.39. The fraction of sp³-hybridized carbons (Fsp3) is 0.500. The minimum atomic E-state index is -0.423. The molecule has 0 saturated heterocycles. The number of hydrogen-bond acceptors (Lipinski definition) is 4. The van der Waals surface area contributed by atoms with Gasteiger partial charge in [0.05, 0.1) is 18.2 Å². The van der Waals surface area contributed by atoms with E-state index in [1.54, 1.807) is 19.1 Å². The van der Waals surface area contributed by atoms with Crippen LogP contribution in [0.1, 0.15) is 38.7 Å². The molecule has 0 aromatic heterocycles. The first-order valence-electron chi connectivity index (χ1n) is 9.48. The van der Waals surface area contributed by atoms with E-state index in [0.717, 1.165) is 12.8 Å². The number of urea groups is 1. The first-order chi connectivity index (χ1) is 13.0. The van der Waals surface area contributed by atoms with Crippen LogP contribution in [0.5, 0.6) is 0 Å². The lowest BCUT2D eigenvalue weighted by atomic mass is 9.99. The van der Waals surface area contributed by atoms with Crippen molar-refractivity contribution in [2.75, 3.05) is 13.2 Å². The summed E-state index contributed by atoms with van der Waals surface area (Å²) in [4.78, 5) is 26.7. The molecule has 1 aliphatic carbocycles. The van der Waals surface area contributed by atoms with Crippen molar-refractivity contribution in [3.63, 3.8) is 0 Å². The van der Waals surface area contributed by atoms with Gasteiger partial charge in [-0.05, 0) is 32.3 Å². The zero-order valence-electron chi connectivity index (χ0n) is 15.8. The Morgan fingerprint density at radius 1 is 1.26 bits per heavy atom. The molecule has 0 spiro atoms. The zero-order chi connectivity index (χ0) is 19.4. The van der Waals surface area contributed by atoms with Gasteiger partial charge in [0.1, 0.15) is 5.82 Å². The number of halogens is 1. The summed E-state index contributed by atoms with van der Waals surface area (Å²) in [6.45, 7) is 4.73. The molecule has 146 valence electrons. The number of rotatable bonds is 8. The van der Waals surface area contributed by atoms with Crippen LogP contribution in [-0.2, 0) is 16.1 Å². The van der Waals surface area contributed by atoms with Gasteiger partial charge in [-0.25, -0.2) is 14.0 Å². The Hall–Kier alpha value is -2.41. The highest BCUT2D eigenvalue weighted by Crippen LogP contribution is 2.30. The molecule has 6 nitrogen and oxygen atoms in total. The average Bonchev–Trinajstić information content (AvgIpc) is 3.47. The normalized spacial score (nSPS) is 19.7. The van der Waals surface area contributed by atoms with Gasteiger partial charge in [-0.15, -0.1) is 0 Å². The molecule has 1 heterocycles. The highest BCUT2D eigenvalue weighted by Gasteiger charge is 2.35. The Balaban J connectivity index is 1.88. The van der Waals surface area contributed by atoms with Crippen LogP contribution in [-0.4, -0.2) is 42.1 Å². The van der Waals surface area contributed by atoms with Crippen LogP contribution < -0.4 is 10.6 Å². The van der Waals surface area contributed by atoms with Crippen molar-refractivity contribution in [2.45, 2.75) is 51.7 Å². The van der Waals surface area contributed by atoms with E-state index in [-0.39, 0.29) is 24.5 Å². The Kier molecular flexibility index (Phi) is 6.11. The van der Waals surface area contributed by atoms with Crippen LogP contribution in [0.15, 0.2) is 35.5 Å². The lowest BCUT2D eigenvalue weighted by Gasteiger charge is -2.31. The summed E-state index contributed by atoms with van der Waals surface area (Å²) in [7, 11) is 0. The maximum Gasteiger partial charge on any atom is 0.337 e. The summed E-state index contributed by atoms with van der Waals surface area (Å²) in [6.07, 6.45) is 2.64. The van der Waals surface area contributed by atoms with Crippen LogP contribution in [0, 0.1) is 5.82 Å². The molecule has 7 heteroatoms. The van der Waals surface area contributed by atoms with Crippen LogP contribution in [0.2, 0.25) is 0 Å². The van der Waals surface area contributed by atoms with E-state index in [4.69, 9.17) is 4.74 Å². The van der Waals surface area contributed by atoms with Crippen LogP contribution in [0.3, 0.4) is 0 Å². The second-order valence-electron chi connectivity index (χ2n) is 6.90. The van der Waals surface area contributed by atoms with Crippen molar-refractivity contribution in [1.82, 2.24) is 15.5 Å². The lowest BCUT2D eigenvalue weighted by molar-refractivity contribution is -0.139. The molecule has 2 amide bonds. The topological polar surface area (TPSA) is 70.7 Å². The predicted octanol–water partition coefficient (Wildman–Crippen LogP) is 2.70. The highest BCUT2D eigenvalue weighted by molar-refractivity contribution is 5.94. The molecule has 27 heavy (non-hydrogen) atoms. The molecule has 1 aromatic carbocycles. The van der Waals surface area contributed by atoms with Crippen molar-refractivity contribution < 1.29 is 18.7 Å². The maximum absolute atomic E-state index is 14.1. The van der Waals surface area contributed by atoms with Gasteiger partial charge in [-0.1, -0.05) is 25.1 Å². The number of amides is 2. The molecule has 0 unspecified atom stereocenters. The molecular weight excluding hydrogens is 349 g/mol. The van der Waals surface area contributed by atoms with E-state index < -0.39 is 5.97 Å². The van der Waals surface area contributed by atoms with Crippen LogP contribution in [0.25, 0.3) is 0 Å². The highest BCUT2D eigenvalue weighted by atomic mass is 19.1. The van der Waals surface area contributed by atoms with Crippen molar-refractivity contribution in [2.24, 2.45) is 0 Å². The van der Waals surface area contributed by atoms with E-state index in [2.05, 4.69) is 15.5 Å². The molecule has 2 N–H and O–H groups in total. The van der Waals surface area contributed by atoms with Gasteiger partial charge in [-0.3, -0.25) is 4.90 Å². The third-order valence-corrected chi connectivity index (χ3v) is 4.90. The second-order valence-corrected chi connectivity index (χ2v) is 6.90. The number of ether oxygens (including phenoxy) is 1. The number of hydrogen-bond donors (Lipinski definition) is 2. The van der Waals surface area contributed by atoms with Crippen molar-refractivity contribution in [3.05, 3.63) is 46.9 Å². The minimum absolute atomic E-state index is 0.247. The fourth-order valence-electron chi connectivity index (χ4n) is 3.39. The smallest absolute Gasteiger partial charge is 0.337 e. The molecule has 1 saturated carbocycles. The quantitative estimate of drug-likeness (QED) is 0.686. The van der Waals surface area contributed by atoms with Crippen molar-refractivity contribution in [3.8, 4) is 0 Å². The molecular formula is C20H26FN3O3. The largest absolute Gasteiger partial charge is 0.463 e.